The van der Waals surface area contributed by atoms with Gasteiger partial charge in [0.15, 0.2) is 0 Å². The van der Waals surface area contributed by atoms with Gasteiger partial charge < -0.3 is 0 Å². The van der Waals surface area contributed by atoms with Gasteiger partial charge in [-0.05, 0) is 18.8 Å². The topological polar surface area (TPSA) is 0 Å². The number of hydrogen-bond donors (Lipinski definition) is 0. The molecule has 1 saturated heterocycles. The Balaban J connectivity index is 2.25. The lowest BCUT2D eigenvalue weighted by atomic mass is 11.8. The number of rotatable bonds is 0. The first-order valence-electron chi connectivity index (χ1n) is 4.29. The van der Waals surface area contributed by atoms with Crippen molar-refractivity contribution in [3.63, 3.8) is 0 Å². The molecule has 0 aromatic carbocycles. The van der Waals surface area contributed by atoms with Gasteiger partial charge in [-0.25, -0.2) is 0 Å². The average Bonchev–Trinajstić information content (AvgIpc) is 1.97. The van der Waals surface area contributed by atoms with Gasteiger partial charge in [-0.3, -0.25) is 0 Å². The van der Waals surface area contributed by atoms with E-state index in [0.717, 1.165) is 8.55 Å². The lowest BCUT2D eigenvalue weighted by Gasteiger charge is -2.02. The van der Waals surface area contributed by atoms with Crippen LogP contribution in [-0.2, 0) is 0 Å². The first-order valence-corrected chi connectivity index (χ1v) is 20.8. The van der Waals surface area contributed by atoms with Crippen molar-refractivity contribution in [2.24, 2.45) is 0 Å². The highest BCUT2D eigenvalue weighted by Gasteiger charge is 2.14. The van der Waals surface area contributed by atoms with Crippen molar-refractivity contribution < 1.29 is 0 Å². The van der Waals surface area contributed by atoms with Crippen LogP contribution in [-0.4, -0.2) is 54.2 Å². The van der Waals surface area contributed by atoms with Crippen LogP contribution < -0.4 is 0 Å². The van der Waals surface area contributed by atoms with Gasteiger partial charge in [0, 0.05) is 35.4 Å². The lowest BCUT2D eigenvalue weighted by Crippen LogP contribution is -2.29. The fourth-order valence-corrected chi connectivity index (χ4v) is 82.5. The molecule has 0 nitrogen and oxygen atoms in total. The molecule has 0 radical (unpaired) electrons. The van der Waals surface area contributed by atoms with Crippen LogP contribution in [0.3, 0.4) is 0 Å². The minimum Gasteiger partial charge on any atom is -0.0768 e. The summed E-state index contributed by atoms with van der Waals surface area (Å²) in [5, 5.41) is 0. The summed E-state index contributed by atoms with van der Waals surface area (Å²) in [4.78, 5) is 1.56. The largest absolute Gasteiger partial charge is 0.0768 e. The van der Waals surface area contributed by atoms with Crippen molar-refractivity contribution in [3.8, 4) is 0 Å². The van der Waals surface area contributed by atoms with E-state index < -0.39 is 0 Å². The average molecular weight is 223 g/mol. The maximum absolute atomic E-state index is 2.72. The maximum atomic E-state index is 2.72. The lowest BCUT2D eigenvalue weighted by molar-refractivity contribution is 1.77. The second kappa shape index (κ2) is 4.24. The highest BCUT2D eigenvalue weighted by atomic mass is 29.7. The first kappa shape index (κ1) is 8.40. The molecule has 9 heavy (non-hydrogen) atoms. The third kappa shape index (κ3) is 3.28. The summed E-state index contributed by atoms with van der Waals surface area (Å²) < 4.78 is 0. The van der Waals surface area contributed by atoms with Crippen LogP contribution in [0.15, 0.2) is 0 Å². The van der Waals surface area contributed by atoms with Gasteiger partial charge in [0.05, 0.1) is 0 Å². The van der Waals surface area contributed by atoms with Crippen LogP contribution in [0.2, 0.25) is 17.0 Å². The molecule has 0 aliphatic carbocycles. The van der Waals surface area contributed by atoms with E-state index in [4.69, 9.17) is 0 Å². The summed E-state index contributed by atoms with van der Waals surface area (Å²) in [6.07, 6.45) is 0. The van der Waals surface area contributed by atoms with E-state index in [-0.39, 0.29) is 7.83 Å². The van der Waals surface area contributed by atoms with E-state index >= 15 is 0 Å². The van der Waals surface area contributed by atoms with Gasteiger partial charge >= 0.3 is 0 Å². The predicted octanol–water partition coefficient (Wildman–Crippen LogP) is -4.11. The first-order chi connectivity index (χ1) is 4.29. The quantitative estimate of drug-likeness (QED) is 0.366. The van der Waals surface area contributed by atoms with Crippen LogP contribution >= 0.6 is 0 Å². The second-order valence-electron chi connectivity index (χ2n) is 3.72. The molecule has 1 aliphatic heterocycles. The molecule has 0 aromatic rings. The molecule has 0 amide bonds. The summed E-state index contributed by atoms with van der Waals surface area (Å²) in [5.74, 6) is 0. The third-order valence-corrected chi connectivity index (χ3v) is 62.0. The van der Waals surface area contributed by atoms with Crippen molar-refractivity contribution in [1.82, 2.24) is 0 Å². The van der Waals surface area contributed by atoms with Crippen LogP contribution in [0.5, 0.6) is 0 Å². The summed E-state index contributed by atoms with van der Waals surface area (Å²) in [7, 11) is 4.64. The van der Waals surface area contributed by atoms with Crippen molar-refractivity contribution in [3.05, 3.63) is 0 Å². The molecule has 1 fully saturated rings. The molecular weight excluding hydrogens is 205 g/mol. The Morgan fingerprint density at radius 1 is 1.67 bits per heavy atom. The molecule has 6 heteroatoms. The molecule has 0 bridgehead atoms. The number of hydrogen-bond acceptors (Lipinski definition) is 0. The molecular formula is C3H18Si6. The molecule has 2 unspecified atom stereocenters. The Labute approximate surface area is 71.3 Å². The zero-order valence-electron chi connectivity index (χ0n) is 6.69. The normalized spacial score (nSPS) is 49.0. The Bertz CT molecular complexity index is 74.4. The van der Waals surface area contributed by atoms with Crippen LogP contribution in [0.25, 0.3) is 0 Å². The minimum absolute atomic E-state index is 0.218. The zero-order chi connectivity index (χ0) is 6.69. The predicted molar refractivity (Wildman–Crippen MR) is 65.7 cm³/mol. The van der Waals surface area contributed by atoms with E-state index in [1.165, 1.54) is 0 Å². The van der Waals surface area contributed by atoms with Gasteiger partial charge in [0.2, 0.25) is 0 Å². The van der Waals surface area contributed by atoms with E-state index in [0.29, 0.717) is 27.6 Å². The Morgan fingerprint density at radius 3 is 3.22 bits per heavy atom. The molecule has 0 spiro atoms. The van der Waals surface area contributed by atoms with Gasteiger partial charge in [0.25, 0.3) is 0 Å². The third-order valence-electron chi connectivity index (χ3n) is 2.55. The molecule has 0 aromatic heterocycles. The molecule has 0 N–H and O–H groups in total. The Hall–Kier alpha value is 1.30. The summed E-state index contributed by atoms with van der Waals surface area (Å²) in [6.45, 7) is 2.72. The maximum Gasteiger partial charge on any atom is 0.0127 e. The SMILES string of the molecule is C[SiH]1[SiH2]C[SiH2]C([SiH3])[SiH2][SiH2]1. The summed E-state index contributed by atoms with van der Waals surface area (Å²) in [6, 6.07) is 0. The molecule has 2 atom stereocenters. The second-order valence-corrected chi connectivity index (χ2v) is 42.1. The molecule has 54 valence electrons. The van der Waals surface area contributed by atoms with E-state index in [1.54, 1.807) is 15.0 Å². The minimum atomic E-state index is 0.218. The van der Waals surface area contributed by atoms with Gasteiger partial charge in [-0.2, -0.15) is 0 Å². The monoisotopic (exact) mass is 222 g/mol. The fraction of sp³-hybridized carbons (Fsp3) is 1.00. The van der Waals surface area contributed by atoms with Crippen molar-refractivity contribution in [2.75, 3.05) is 0 Å². The Kier molecular flexibility index (Phi) is 3.95. The van der Waals surface area contributed by atoms with Gasteiger partial charge in [-0.15, -0.1) is 0 Å². The van der Waals surface area contributed by atoms with Crippen molar-refractivity contribution in [2.45, 2.75) is 17.0 Å². The standard InChI is InChI=1S/C3H18Si6/c1-9-6-2-5-3(4)7-8-9/h3,9H,2,5-8H2,1,4H3. The van der Waals surface area contributed by atoms with Crippen molar-refractivity contribution >= 4 is 54.2 Å². The zero-order valence-corrected chi connectivity index (χ0v) is 15.5. The smallest absolute Gasteiger partial charge is 0.0127 e. The molecule has 1 heterocycles. The Morgan fingerprint density at radius 2 is 2.44 bits per heavy atom. The van der Waals surface area contributed by atoms with E-state index in [1.807, 2.05) is 5.67 Å². The van der Waals surface area contributed by atoms with Gasteiger partial charge in [0.1, 0.15) is 0 Å². The molecule has 1 rings (SSSR count). The van der Waals surface area contributed by atoms with Crippen molar-refractivity contribution in [1.29, 1.82) is 0 Å². The van der Waals surface area contributed by atoms with Crippen LogP contribution in [0, 0.1) is 0 Å². The summed E-state index contributed by atoms with van der Waals surface area (Å²) >= 11 is 0. The fourth-order valence-electron chi connectivity index (χ4n) is 1.67. The van der Waals surface area contributed by atoms with E-state index in [2.05, 4.69) is 6.55 Å². The molecule has 0 saturated carbocycles. The highest BCUT2D eigenvalue weighted by Crippen LogP contribution is 2.00. The van der Waals surface area contributed by atoms with Crippen LogP contribution in [0.4, 0.5) is 0 Å². The highest BCUT2D eigenvalue weighted by molar-refractivity contribution is 7.54. The summed E-state index contributed by atoms with van der Waals surface area (Å²) in [5.41, 5.74) is 1.92. The van der Waals surface area contributed by atoms with Crippen LogP contribution in [0.1, 0.15) is 0 Å². The molecule has 1 aliphatic rings. The van der Waals surface area contributed by atoms with Gasteiger partial charge in [-0.1, -0.05) is 17.0 Å². The van der Waals surface area contributed by atoms with E-state index in [9.17, 15) is 0 Å².